The molecule has 0 amide bonds. The van der Waals surface area contributed by atoms with Crippen LogP contribution in [0.5, 0.6) is 0 Å². The van der Waals surface area contributed by atoms with E-state index < -0.39 is 11.7 Å². The van der Waals surface area contributed by atoms with E-state index in [0.717, 1.165) is 73.2 Å². The Hall–Kier alpha value is -1.57. The number of hydrogen-bond donors (Lipinski definition) is 1. The third-order valence-electron chi connectivity index (χ3n) is 6.50. The second-order valence-electron chi connectivity index (χ2n) is 8.53. The third-order valence-corrected chi connectivity index (χ3v) is 7.66. The number of nitrogens with zero attached hydrogens (tertiary/aromatic N) is 1. The van der Waals surface area contributed by atoms with Gasteiger partial charge < -0.3 is 10.0 Å². The lowest BCUT2D eigenvalue weighted by molar-refractivity contribution is -0.137. The van der Waals surface area contributed by atoms with E-state index in [4.69, 9.17) is 5.11 Å². The largest absolute Gasteiger partial charge is 0.416 e. The van der Waals surface area contributed by atoms with Crippen molar-refractivity contribution in [1.82, 2.24) is 4.90 Å². The van der Waals surface area contributed by atoms with Crippen LogP contribution in [-0.2, 0) is 6.18 Å². The molecule has 0 aromatic heterocycles. The molecule has 0 aliphatic carbocycles. The number of fused-ring (bicyclic) bond motifs is 2. The molecule has 0 saturated carbocycles. The van der Waals surface area contributed by atoms with E-state index in [1.807, 2.05) is 0 Å². The fraction of sp³-hybridized carbons (Fsp3) is 0.500. The number of hydrogen-bond acceptors (Lipinski definition) is 3. The Kier molecular flexibility index (Phi) is 6.94. The summed E-state index contributed by atoms with van der Waals surface area (Å²) in [7, 11) is 0. The molecule has 0 bridgehead atoms. The van der Waals surface area contributed by atoms with Crippen molar-refractivity contribution < 1.29 is 22.7 Å². The van der Waals surface area contributed by atoms with Gasteiger partial charge >= 0.3 is 6.18 Å². The summed E-state index contributed by atoms with van der Waals surface area (Å²) in [4.78, 5) is 3.98. The van der Waals surface area contributed by atoms with E-state index >= 15 is 0 Å². The first-order valence-corrected chi connectivity index (χ1v) is 11.7. The molecular formula is C24H27F4NOS. The van der Waals surface area contributed by atoms with Gasteiger partial charge in [-0.3, -0.25) is 0 Å². The zero-order chi connectivity index (χ0) is 22.0. The quantitative estimate of drug-likeness (QED) is 0.518. The molecule has 0 spiro atoms. The number of likely N-dealkylation sites (tertiary alicyclic amines) is 1. The van der Waals surface area contributed by atoms with Crippen molar-refractivity contribution >= 4 is 11.8 Å². The standard InChI is InChI=1S/C24H27F4NOS/c25-18-4-5-20-19(2-1-10-29-11-7-16(8-12-29)9-13-30)21-14-17(24(26,27)28)3-6-22(21)31-23(20)15-18/h3-6,14-16,19,30H,1-2,7-13H2. The van der Waals surface area contributed by atoms with Gasteiger partial charge in [-0.25, -0.2) is 4.39 Å². The molecular weight excluding hydrogens is 426 g/mol. The molecule has 2 heterocycles. The van der Waals surface area contributed by atoms with Crippen molar-refractivity contribution in [3.8, 4) is 0 Å². The van der Waals surface area contributed by atoms with Gasteiger partial charge in [0.15, 0.2) is 0 Å². The van der Waals surface area contributed by atoms with Gasteiger partial charge in [-0.15, -0.1) is 0 Å². The maximum Gasteiger partial charge on any atom is 0.416 e. The predicted molar refractivity (Wildman–Crippen MR) is 114 cm³/mol. The lowest BCUT2D eigenvalue weighted by Gasteiger charge is -2.33. The number of halogens is 4. The second-order valence-corrected chi connectivity index (χ2v) is 9.61. The Morgan fingerprint density at radius 1 is 0.968 bits per heavy atom. The Labute approximate surface area is 184 Å². The first-order valence-electron chi connectivity index (χ1n) is 10.9. The molecule has 1 saturated heterocycles. The zero-order valence-corrected chi connectivity index (χ0v) is 18.1. The summed E-state index contributed by atoms with van der Waals surface area (Å²) in [6, 6.07) is 8.53. The highest BCUT2D eigenvalue weighted by molar-refractivity contribution is 7.99. The Morgan fingerprint density at radius 3 is 2.45 bits per heavy atom. The highest BCUT2D eigenvalue weighted by atomic mass is 32.2. The second kappa shape index (κ2) is 9.51. The lowest BCUT2D eigenvalue weighted by atomic mass is 9.85. The first kappa shape index (κ1) is 22.6. The van der Waals surface area contributed by atoms with E-state index in [9.17, 15) is 17.6 Å². The highest BCUT2D eigenvalue weighted by Gasteiger charge is 2.34. The van der Waals surface area contributed by atoms with Crippen molar-refractivity contribution in [1.29, 1.82) is 0 Å². The van der Waals surface area contributed by atoms with Crippen LogP contribution in [0.4, 0.5) is 17.6 Å². The predicted octanol–water partition coefficient (Wildman–Crippen LogP) is 6.32. The molecule has 2 aliphatic heterocycles. The minimum Gasteiger partial charge on any atom is -0.396 e. The average molecular weight is 454 g/mol. The van der Waals surface area contributed by atoms with Crippen molar-refractivity contribution in [2.75, 3.05) is 26.2 Å². The van der Waals surface area contributed by atoms with Gasteiger partial charge in [-0.05, 0) is 99.1 Å². The van der Waals surface area contributed by atoms with Gasteiger partial charge in [0.05, 0.1) is 5.56 Å². The van der Waals surface area contributed by atoms with Crippen LogP contribution in [0, 0.1) is 11.7 Å². The minimum absolute atomic E-state index is 0.166. The summed E-state index contributed by atoms with van der Waals surface area (Å²) >= 11 is 1.35. The molecule has 168 valence electrons. The monoisotopic (exact) mass is 453 g/mol. The number of aliphatic hydroxyl groups is 1. The number of rotatable bonds is 6. The van der Waals surface area contributed by atoms with Crippen LogP contribution in [0.15, 0.2) is 46.2 Å². The lowest BCUT2D eigenvalue weighted by Crippen LogP contribution is -2.34. The Balaban J connectivity index is 1.50. The molecule has 2 nitrogen and oxygen atoms in total. The molecule has 1 fully saturated rings. The van der Waals surface area contributed by atoms with Gasteiger partial charge in [-0.2, -0.15) is 13.2 Å². The fourth-order valence-electron chi connectivity index (χ4n) is 4.77. The van der Waals surface area contributed by atoms with Crippen molar-refractivity contribution in [2.45, 2.75) is 54.0 Å². The molecule has 7 heteroatoms. The summed E-state index contributed by atoms with van der Waals surface area (Å²) in [6.07, 6.45) is 0.239. The fourth-order valence-corrected chi connectivity index (χ4v) is 5.96. The maximum atomic E-state index is 13.8. The van der Waals surface area contributed by atoms with Crippen LogP contribution in [0.3, 0.4) is 0 Å². The highest BCUT2D eigenvalue weighted by Crippen LogP contribution is 2.49. The van der Waals surface area contributed by atoms with Gasteiger partial charge in [-0.1, -0.05) is 17.8 Å². The topological polar surface area (TPSA) is 23.5 Å². The van der Waals surface area contributed by atoms with Crippen LogP contribution in [0.2, 0.25) is 0 Å². The summed E-state index contributed by atoms with van der Waals surface area (Å²) in [5.74, 6) is 0.0956. The molecule has 1 N–H and O–H groups in total. The van der Waals surface area contributed by atoms with Gasteiger partial charge in [0.25, 0.3) is 0 Å². The number of piperidine rings is 1. The SMILES string of the molecule is OCCC1CCN(CCCC2c3ccc(F)cc3Sc3ccc(C(F)(F)F)cc32)CC1. The normalized spacial score (nSPS) is 19.8. The van der Waals surface area contributed by atoms with Crippen molar-refractivity contribution in [3.05, 3.63) is 58.9 Å². The summed E-state index contributed by atoms with van der Waals surface area (Å²) in [5, 5.41) is 9.11. The van der Waals surface area contributed by atoms with E-state index in [1.54, 1.807) is 6.07 Å². The Morgan fingerprint density at radius 2 is 1.74 bits per heavy atom. The van der Waals surface area contributed by atoms with Gasteiger partial charge in [0.1, 0.15) is 5.82 Å². The molecule has 0 radical (unpaired) electrons. The van der Waals surface area contributed by atoms with Gasteiger partial charge in [0, 0.05) is 22.3 Å². The molecule has 31 heavy (non-hydrogen) atoms. The molecule has 2 aliphatic rings. The maximum absolute atomic E-state index is 13.8. The molecule has 1 atom stereocenters. The van der Waals surface area contributed by atoms with Crippen LogP contribution in [0.1, 0.15) is 54.7 Å². The van der Waals surface area contributed by atoms with E-state index in [2.05, 4.69) is 4.90 Å². The van der Waals surface area contributed by atoms with Crippen LogP contribution in [0.25, 0.3) is 0 Å². The molecule has 4 rings (SSSR count). The smallest absolute Gasteiger partial charge is 0.396 e. The zero-order valence-electron chi connectivity index (χ0n) is 17.3. The van der Waals surface area contributed by atoms with Gasteiger partial charge in [0.2, 0.25) is 0 Å². The molecule has 2 aromatic carbocycles. The summed E-state index contributed by atoms with van der Waals surface area (Å²) in [6.45, 7) is 3.15. The number of alkyl halides is 3. The average Bonchev–Trinajstić information content (AvgIpc) is 2.73. The van der Waals surface area contributed by atoms with Crippen molar-refractivity contribution in [2.24, 2.45) is 5.92 Å². The van der Waals surface area contributed by atoms with Crippen LogP contribution < -0.4 is 0 Å². The number of aliphatic hydroxyl groups excluding tert-OH is 1. The van der Waals surface area contributed by atoms with Crippen molar-refractivity contribution in [3.63, 3.8) is 0 Å². The summed E-state index contributed by atoms with van der Waals surface area (Å²) < 4.78 is 53.8. The minimum atomic E-state index is -4.38. The van der Waals surface area contributed by atoms with E-state index in [0.29, 0.717) is 11.5 Å². The summed E-state index contributed by atoms with van der Waals surface area (Å²) in [5.41, 5.74) is 0.980. The van der Waals surface area contributed by atoms with E-state index in [1.165, 1.54) is 36.0 Å². The first-order chi connectivity index (χ1) is 14.8. The third kappa shape index (κ3) is 5.26. The number of benzene rings is 2. The Bertz CT molecular complexity index is 909. The van der Waals surface area contributed by atoms with E-state index in [-0.39, 0.29) is 18.3 Å². The molecule has 2 aromatic rings. The van der Waals surface area contributed by atoms with Crippen LogP contribution >= 0.6 is 11.8 Å². The van der Waals surface area contributed by atoms with Crippen LogP contribution in [-0.4, -0.2) is 36.2 Å². The molecule has 1 unspecified atom stereocenters.